The highest BCUT2D eigenvalue weighted by Crippen LogP contribution is 2.14. The topological polar surface area (TPSA) is 121 Å². The van der Waals surface area contributed by atoms with Crippen LogP contribution < -0.4 is 15.4 Å². The van der Waals surface area contributed by atoms with Gasteiger partial charge in [0.15, 0.2) is 0 Å². The van der Waals surface area contributed by atoms with Gasteiger partial charge in [0.1, 0.15) is 6.04 Å². The third kappa shape index (κ3) is 8.06. The Kier molecular flexibility index (Phi) is 9.64. The zero-order chi connectivity index (χ0) is 22.9. The maximum atomic E-state index is 13.0. The number of hydrogen-bond acceptors (Lipinski definition) is 5. The summed E-state index contributed by atoms with van der Waals surface area (Å²) >= 11 is 0. The van der Waals surface area contributed by atoms with Crippen molar-refractivity contribution in [3.63, 3.8) is 0 Å². The number of amides is 2. The van der Waals surface area contributed by atoms with Crippen LogP contribution >= 0.6 is 0 Å². The summed E-state index contributed by atoms with van der Waals surface area (Å²) in [5, 5.41) is 5.24. The van der Waals surface area contributed by atoms with Crippen molar-refractivity contribution in [3.8, 4) is 0 Å². The van der Waals surface area contributed by atoms with Crippen molar-refractivity contribution >= 4 is 27.6 Å². The first-order chi connectivity index (χ1) is 14.7. The monoisotopic (exact) mass is 451 g/mol. The van der Waals surface area contributed by atoms with E-state index in [4.69, 9.17) is 0 Å². The smallest absolute Gasteiger partial charge is 0.289 e. The molecule has 0 bridgehead atoms. The molecule has 8 nitrogen and oxygen atoms in total. The molecule has 1 aliphatic heterocycles. The molecule has 1 aliphatic rings. The molecule has 31 heavy (non-hydrogen) atoms. The third-order valence-electron chi connectivity index (χ3n) is 5.19. The Balaban J connectivity index is 2.16. The third-order valence-corrected chi connectivity index (χ3v) is 6.67. The highest BCUT2D eigenvalue weighted by Gasteiger charge is 2.32. The van der Waals surface area contributed by atoms with Crippen LogP contribution in [0.1, 0.15) is 58.8 Å². The first kappa shape index (κ1) is 25.0. The molecule has 0 aliphatic carbocycles. The van der Waals surface area contributed by atoms with Gasteiger partial charge in [-0.25, -0.2) is 8.42 Å². The van der Waals surface area contributed by atoms with Crippen molar-refractivity contribution in [2.45, 2.75) is 75.8 Å². The molecule has 1 aromatic rings. The van der Waals surface area contributed by atoms with E-state index in [0.717, 1.165) is 25.7 Å². The summed E-state index contributed by atoms with van der Waals surface area (Å²) in [6.07, 6.45) is 5.00. The first-order valence-corrected chi connectivity index (χ1v) is 12.4. The second-order valence-corrected chi connectivity index (χ2v) is 10.1. The van der Waals surface area contributed by atoms with Crippen molar-refractivity contribution in [1.29, 1.82) is 0 Å². The van der Waals surface area contributed by atoms with E-state index in [1.165, 1.54) is 12.1 Å². The van der Waals surface area contributed by atoms with Gasteiger partial charge in [-0.05, 0) is 37.3 Å². The highest BCUT2D eigenvalue weighted by atomic mass is 32.2. The molecular weight excluding hydrogens is 418 g/mol. The molecule has 1 heterocycles. The van der Waals surface area contributed by atoms with E-state index in [2.05, 4.69) is 15.4 Å². The summed E-state index contributed by atoms with van der Waals surface area (Å²) in [6, 6.07) is 5.78. The molecule has 172 valence electrons. The van der Waals surface area contributed by atoms with Gasteiger partial charge in [-0.2, -0.15) is 4.72 Å². The Morgan fingerprint density at radius 2 is 1.71 bits per heavy atom. The molecule has 1 aromatic carbocycles. The summed E-state index contributed by atoms with van der Waals surface area (Å²) in [6.45, 7) is 4.18. The van der Waals surface area contributed by atoms with Crippen LogP contribution in [0.5, 0.6) is 0 Å². The van der Waals surface area contributed by atoms with E-state index in [-0.39, 0.29) is 17.2 Å². The average Bonchev–Trinajstić information content (AvgIpc) is 2.76. The fourth-order valence-electron chi connectivity index (χ4n) is 3.53. The molecule has 1 fully saturated rings. The summed E-state index contributed by atoms with van der Waals surface area (Å²) in [7, 11) is -3.92. The molecule has 0 radical (unpaired) electrons. The predicted molar refractivity (Wildman–Crippen MR) is 118 cm³/mol. The Bertz CT molecular complexity index is 855. The SMILES string of the molecule is CC(C)CC(NS(=O)(=O)c1ccccc1)C(=O)NC1CCCCCCCNC(=O)C1=O. The van der Waals surface area contributed by atoms with Crippen molar-refractivity contribution in [3.05, 3.63) is 30.3 Å². The Morgan fingerprint density at radius 3 is 2.39 bits per heavy atom. The van der Waals surface area contributed by atoms with Crippen LogP contribution in [0.15, 0.2) is 35.2 Å². The molecule has 0 spiro atoms. The second-order valence-electron chi connectivity index (χ2n) is 8.35. The van der Waals surface area contributed by atoms with Gasteiger partial charge in [-0.3, -0.25) is 14.4 Å². The molecule has 0 aromatic heterocycles. The van der Waals surface area contributed by atoms with E-state index >= 15 is 0 Å². The van der Waals surface area contributed by atoms with Gasteiger partial charge in [-0.1, -0.05) is 57.7 Å². The van der Waals surface area contributed by atoms with Gasteiger partial charge in [0.05, 0.1) is 10.9 Å². The molecule has 2 amide bonds. The van der Waals surface area contributed by atoms with Crippen LogP contribution in [-0.2, 0) is 24.4 Å². The van der Waals surface area contributed by atoms with Gasteiger partial charge in [-0.15, -0.1) is 0 Å². The van der Waals surface area contributed by atoms with Crippen LogP contribution in [-0.4, -0.2) is 44.6 Å². The zero-order valence-corrected chi connectivity index (χ0v) is 19.0. The van der Waals surface area contributed by atoms with Crippen LogP contribution in [0.2, 0.25) is 0 Å². The normalized spacial score (nSPS) is 19.9. The van der Waals surface area contributed by atoms with E-state index in [0.29, 0.717) is 19.4 Å². The number of carbonyl (C=O) groups is 3. The molecule has 1 saturated heterocycles. The van der Waals surface area contributed by atoms with Crippen LogP contribution in [0, 0.1) is 5.92 Å². The van der Waals surface area contributed by atoms with Gasteiger partial charge >= 0.3 is 0 Å². The van der Waals surface area contributed by atoms with E-state index in [1.54, 1.807) is 18.2 Å². The molecule has 0 saturated carbocycles. The maximum absolute atomic E-state index is 13.0. The summed E-state index contributed by atoms with van der Waals surface area (Å²) in [4.78, 5) is 37.8. The Hall–Kier alpha value is -2.26. The molecule has 2 unspecified atom stereocenters. The van der Waals surface area contributed by atoms with Gasteiger partial charge < -0.3 is 10.6 Å². The van der Waals surface area contributed by atoms with Crippen LogP contribution in [0.4, 0.5) is 0 Å². The Morgan fingerprint density at radius 1 is 1.06 bits per heavy atom. The number of ketones is 1. The minimum atomic E-state index is -3.92. The average molecular weight is 452 g/mol. The number of nitrogens with one attached hydrogen (secondary N) is 3. The van der Waals surface area contributed by atoms with Crippen molar-refractivity contribution in [2.24, 2.45) is 5.92 Å². The van der Waals surface area contributed by atoms with Crippen LogP contribution in [0.3, 0.4) is 0 Å². The van der Waals surface area contributed by atoms with Crippen molar-refractivity contribution < 1.29 is 22.8 Å². The lowest BCUT2D eigenvalue weighted by atomic mass is 10.0. The summed E-state index contributed by atoms with van der Waals surface area (Å²) in [5.41, 5.74) is 0. The van der Waals surface area contributed by atoms with E-state index in [1.807, 2.05) is 13.8 Å². The molecule has 9 heteroatoms. The largest absolute Gasteiger partial charge is 0.349 e. The predicted octanol–water partition coefficient (Wildman–Crippen LogP) is 1.90. The molecule has 2 rings (SSSR count). The lowest BCUT2D eigenvalue weighted by molar-refractivity contribution is -0.140. The lowest BCUT2D eigenvalue weighted by Crippen LogP contribution is -2.54. The first-order valence-electron chi connectivity index (χ1n) is 10.9. The minimum Gasteiger partial charge on any atom is -0.349 e. The summed E-state index contributed by atoms with van der Waals surface area (Å²) < 4.78 is 27.9. The van der Waals surface area contributed by atoms with E-state index < -0.39 is 39.7 Å². The minimum absolute atomic E-state index is 0.0285. The van der Waals surface area contributed by atoms with Gasteiger partial charge in [0, 0.05) is 6.54 Å². The lowest BCUT2D eigenvalue weighted by Gasteiger charge is -2.23. The quantitative estimate of drug-likeness (QED) is 0.547. The number of benzene rings is 1. The maximum Gasteiger partial charge on any atom is 0.289 e. The highest BCUT2D eigenvalue weighted by molar-refractivity contribution is 7.89. The zero-order valence-electron chi connectivity index (χ0n) is 18.2. The Labute approximate surface area is 184 Å². The van der Waals surface area contributed by atoms with Crippen molar-refractivity contribution in [2.75, 3.05) is 6.54 Å². The standard InChI is InChI=1S/C22H33N3O5S/c1-16(2)15-19(25-31(29,30)17-11-7-6-8-12-17)21(27)24-18-13-9-4-3-5-10-14-23-22(28)20(18)26/h6-8,11-12,16,18-19,25H,3-5,9-10,13-15H2,1-2H3,(H,23,28)(H,24,27). The fraction of sp³-hybridized carbons (Fsp3) is 0.591. The second kappa shape index (κ2) is 12.0. The number of rotatable bonds is 7. The number of hydrogen-bond donors (Lipinski definition) is 3. The summed E-state index contributed by atoms with van der Waals surface area (Å²) in [5.74, 6) is -1.98. The van der Waals surface area contributed by atoms with Crippen molar-refractivity contribution in [1.82, 2.24) is 15.4 Å². The van der Waals surface area contributed by atoms with E-state index in [9.17, 15) is 22.8 Å². The molecule has 3 N–H and O–H groups in total. The van der Waals surface area contributed by atoms with Gasteiger partial charge in [0.2, 0.25) is 21.7 Å². The molecular formula is C22H33N3O5S. The fourth-order valence-corrected chi connectivity index (χ4v) is 4.76. The van der Waals surface area contributed by atoms with Crippen LogP contribution in [0.25, 0.3) is 0 Å². The number of carbonyl (C=O) groups excluding carboxylic acids is 3. The molecule has 2 atom stereocenters. The number of Topliss-reactive ketones (excluding diaryl/α,β-unsaturated/α-hetero) is 1. The van der Waals surface area contributed by atoms with Gasteiger partial charge in [0.25, 0.3) is 5.91 Å². The number of sulfonamides is 1.